The van der Waals surface area contributed by atoms with Gasteiger partial charge in [-0.15, -0.1) is 0 Å². The summed E-state index contributed by atoms with van der Waals surface area (Å²) >= 11 is 2.13. The fraction of sp³-hybridized carbons (Fsp3) is 0.125. The van der Waals surface area contributed by atoms with Crippen LogP contribution in [0.15, 0.2) is 42.5 Å². The Hall–Kier alpha value is -2.09. The summed E-state index contributed by atoms with van der Waals surface area (Å²) in [5.74, 6) is -1.35. The lowest BCUT2D eigenvalue weighted by Crippen LogP contribution is -2.21. The number of anilines is 1. The zero-order chi connectivity index (χ0) is 16.1. The molecule has 0 spiro atoms. The molecule has 2 aromatic carbocycles. The van der Waals surface area contributed by atoms with Crippen LogP contribution in [0, 0.1) is 10.5 Å². The van der Waals surface area contributed by atoms with Crippen molar-refractivity contribution >= 4 is 40.2 Å². The van der Waals surface area contributed by atoms with Gasteiger partial charge in [0.25, 0.3) is 5.91 Å². The Labute approximate surface area is 141 Å². The van der Waals surface area contributed by atoms with E-state index in [4.69, 9.17) is 4.74 Å². The lowest BCUT2D eigenvalue weighted by Gasteiger charge is -2.08. The number of phenols is 1. The highest BCUT2D eigenvalue weighted by Gasteiger charge is 2.14. The molecule has 2 aromatic rings. The van der Waals surface area contributed by atoms with Crippen molar-refractivity contribution in [2.75, 3.05) is 11.9 Å². The summed E-state index contributed by atoms with van der Waals surface area (Å²) in [7, 11) is 0. The molecule has 114 valence electrons. The van der Waals surface area contributed by atoms with Gasteiger partial charge in [0.05, 0.1) is 0 Å². The Morgan fingerprint density at radius 2 is 2.00 bits per heavy atom. The molecule has 0 atom stereocenters. The van der Waals surface area contributed by atoms with Crippen molar-refractivity contribution in [3.8, 4) is 5.75 Å². The minimum absolute atomic E-state index is 0.0349. The molecule has 2 N–H and O–H groups in total. The molecule has 0 bridgehead atoms. The summed E-state index contributed by atoms with van der Waals surface area (Å²) < 4.78 is 5.88. The van der Waals surface area contributed by atoms with E-state index >= 15 is 0 Å². The molecule has 0 heterocycles. The minimum Gasteiger partial charge on any atom is -0.507 e. The molecule has 2 rings (SSSR count). The summed E-state index contributed by atoms with van der Waals surface area (Å²) in [4.78, 5) is 23.6. The Morgan fingerprint density at radius 3 is 2.68 bits per heavy atom. The van der Waals surface area contributed by atoms with Gasteiger partial charge in [-0.05, 0) is 65.4 Å². The van der Waals surface area contributed by atoms with Gasteiger partial charge in [-0.1, -0.05) is 12.1 Å². The van der Waals surface area contributed by atoms with Crippen LogP contribution in [0.4, 0.5) is 5.69 Å². The molecule has 6 heteroatoms. The number of ether oxygens (including phenoxy) is 1. The SMILES string of the molecule is Cc1ccc(C(=O)OCC(=O)Nc2cccc(I)c2)c(O)c1. The van der Waals surface area contributed by atoms with Crippen molar-refractivity contribution in [1.29, 1.82) is 0 Å². The summed E-state index contributed by atoms with van der Waals surface area (Å²) in [5.41, 5.74) is 1.49. The van der Waals surface area contributed by atoms with Crippen LogP contribution in [0.3, 0.4) is 0 Å². The molecule has 1 amide bonds. The quantitative estimate of drug-likeness (QED) is 0.599. The molecule has 0 aliphatic rings. The molecule has 0 radical (unpaired) electrons. The topological polar surface area (TPSA) is 75.6 Å². The Morgan fingerprint density at radius 1 is 1.23 bits per heavy atom. The number of aryl methyl sites for hydroxylation is 1. The number of aromatic hydroxyl groups is 1. The standard InChI is InChI=1S/C16H14INO4/c1-10-5-6-13(14(19)7-10)16(21)22-9-15(20)18-12-4-2-3-11(17)8-12/h2-8,19H,9H2,1H3,(H,18,20). The van der Waals surface area contributed by atoms with Gasteiger partial charge in [0.1, 0.15) is 11.3 Å². The molecule has 0 saturated heterocycles. The van der Waals surface area contributed by atoms with E-state index in [1.807, 2.05) is 12.1 Å². The molecule has 0 unspecified atom stereocenters. The lowest BCUT2D eigenvalue weighted by molar-refractivity contribution is -0.119. The molecule has 0 aromatic heterocycles. The number of phenolic OH excluding ortho intramolecular Hbond substituents is 1. The van der Waals surface area contributed by atoms with Crippen LogP contribution in [0.2, 0.25) is 0 Å². The second kappa shape index (κ2) is 7.26. The molecular formula is C16H14INO4. The number of carbonyl (C=O) groups excluding carboxylic acids is 2. The van der Waals surface area contributed by atoms with Crippen molar-refractivity contribution in [1.82, 2.24) is 0 Å². The first-order valence-corrected chi connectivity index (χ1v) is 7.56. The predicted octanol–water partition coefficient (Wildman–Crippen LogP) is 3.10. The predicted molar refractivity (Wildman–Crippen MR) is 90.9 cm³/mol. The van der Waals surface area contributed by atoms with Crippen molar-refractivity contribution in [2.24, 2.45) is 0 Å². The van der Waals surface area contributed by atoms with Gasteiger partial charge in [0.15, 0.2) is 6.61 Å². The molecule has 0 aliphatic carbocycles. The number of amides is 1. The average molecular weight is 411 g/mol. The van der Waals surface area contributed by atoms with Crippen LogP contribution in [0.1, 0.15) is 15.9 Å². The molecular weight excluding hydrogens is 397 g/mol. The maximum absolute atomic E-state index is 11.8. The van der Waals surface area contributed by atoms with Crippen molar-refractivity contribution in [2.45, 2.75) is 6.92 Å². The van der Waals surface area contributed by atoms with E-state index in [1.54, 1.807) is 25.1 Å². The third-order valence-corrected chi connectivity index (χ3v) is 3.49. The van der Waals surface area contributed by atoms with Gasteiger partial charge in [-0.3, -0.25) is 4.79 Å². The lowest BCUT2D eigenvalue weighted by atomic mass is 10.1. The second-order valence-corrected chi connectivity index (χ2v) is 5.90. The van der Waals surface area contributed by atoms with E-state index in [1.165, 1.54) is 12.1 Å². The van der Waals surface area contributed by atoms with Gasteiger partial charge < -0.3 is 15.2 Å². The number of carbonyl (C=O) groups is 2. The maximum atomic E-state index is 11.8. The van der Waals surface area contributed by atoms with Crippen LogP contribution in [0.25, 0.3) is 0 Å². The first kappa shape index (κ1) is 16.3. The van der Waals surface area contributed by atoms with Crippen LogP contribution >= 0.6 is 22.6 Å². The van der Waals surface area contributed by atoms with Crippen LogP contribution in [-0.4, -0.2) is 23.6 Å². The van der Waals surface area contributed by atoms with Crippen molar-refractivity contribution < 1.29 is 19.4 Å². The van der Waals surface area contributed by atoms with E-state index in [-0.39, 0.29) is 11.3 Å². The molecule has 5 nitrogen and oxygen atoms in total. The van der Waals surface area contributed by atoms with Crippen molar-refractivity contribution in [3.63, 3.8) is 0 Å². The highest BCUT2D eigenvalue weighted by Crippen LogP contribution is 2.19. The van der Waals surface area contributed by atoms with E-state index in [0.29, 0.717) is 5.69 Å². The summed E-state index contributed by atoms with van der Waals surface area (Å²) in [6.45, 7) is 1.38. The summed E-state index contributed by atoms with van der Waals surface area (Å²) in [5, 5.41) is 12.3. The van der Waals surface area contributed by atoms with Crippen LogP contribution in [-0.2, 0) is 9.53 Å². The Kier molecular flexibility index (Phi) is 5.37. The highest BCUT2D eigenvalue weighted by atomic mass is 127. The number of halogens is 1. The van der Waals surface area contributed by atoms with Crippen LogP contribution in [0.5, 0.6) is 5.75 Å². The minimum atomic E-state index is -0.740. The number of esters is 1. The van der Waals surface area contributed by atoms with E-state index < -0.39 is 18.5 Å². The number of benzene rings is 2. The van der Waals surface area contributed by atoms with Gasteiger partial charge in [0.2, 0.25) is 0 Å². The highest BCUT2D eigenvalue weighted by molar-refractivity contribution is 14.1. The summed E-state index contributed by atoms with van der Waals surface area (Å²) in [6.07, 6.45) is 0. The fourth-order valence-electron chi connectivity index (χ4n) is 1.79. The van der Waals surface area contributed by atoms with Crippen LogP contribution < -0.4 is 5.32 Å². The molecule has 22 heavy (non-hydrogen) atoms. The number of hydrogen-bond acceptors (Lipinski definition) is 4. The molecule has 0 aliphatic heterocycles. The maximum Gasteiger partial charge on any atom is 0.342 e. The second-order valence-electron chi connectivity index (χ2n) is 4.66. The van der Waals surface area contributed by atoms with E-state index in [0.717, 1.165) is 9.13 Å². The molecule has 0 saturated carbocycles. The fourth-order valence-corrected chi connectivity index (χ4v) is 2.33. The zero-order valence-electron chi connectivity index (χ0n) is 11.8. The van der Waals surface area contributed by atoms with Gasteiger partial charge in [-0.2, -0.15) is 0 Å². The smallest absolute Gasteiger partial charge is 0.342 e. The average Bonchev–Trinajstić information content (AvgIpc) is 2.45. The molecule has 0 fully saturated rings. The van der Waals surface area contributed by atoms with Gasteiger partial charge in [0, 0.05) is 9.26 Å². The Balaban J connectivity index is 1.92. The monoisotopic (exact) mass is 411 g/mol. The van der Waals surface area contributed by atoms with E-state index in [2.05, 4.69) is 27.9 Å². The van der Waals surface area contributed by atoms with Crippen molar-refractivity contribution in [3.05, 3.63) is 57.2 Å². The largest absolute Gasteiger partial charge is 0.507 e. The zero-order valence-corrected chi connectivity index (χ0v) is 14.0. The summed E-state index contributed by atoms with van der Waals surface area (Å²) in [6, 6.07) is 11.9. The Bertz CT molecular complexity index is 715. The first-order valence-electron chi connectivity index (χ1n) is 6.48. The van der Waals surface area contributed by atoms with Gasteiger partial charge >= 0.3 is 5.97 Å². The normalized spacial score (nSPS) is 10.1. The van der Waals surface area contributed by atoms with Gasteiger partial charge in [-0.25, -0.2) is 4.79 Å². The third-order valence-electron chi connectivity index (χ3n) is 2.82. The number of hydrogen-bond donors (Lipinski definition) is 2. The van der Waals surface area contributed by atoms with E-state index in [9.17, 15) is 14.7 Å². The first-order chi connectivity index (χ1) is 10.5. The third kappa shape index (κ3) is 4.45. The number of rotatable bonds is 4. The number of nitrogens with one attached hydrogen (secondary N) is 1.